The van der Waals surface area contributed by atoms with Gasteiger partial charge < -0.3 is 4.74 Å². The summed E-state index contributed by atoms with van der Waals surface area (Å²) in [6, 6.07) is 16.1. The Labute approximate surface area is 219 Å². The SMILES string of the molecule is CC(=O)Cc1c(F)cccc1-c1cc(OC2CCCC2)c(CN(C)C2CCCc3ccccc32)c(C)n1. The molecule has 5 heteroatoms. The van der Waals surface area contributed by atoms with Crippen molar-refractivity contribution < 1.29 is 13.9 Å². The topological polar surface area (TPSA) is 42.4 Å². The van der Waals surface area contributed by atoms with Crippen molar-refractivity contribution in [2.45, 2.75) is 83.9 Å². The van der Waals surface area contributed by atoms with Crippen molar-refractivity contribution in [2.75, 3.05) is 7.05 Å². The third-order valence-corrected chi connectivity index (χ3v) is 7.98. The summed E-state index contributed by atoms with van der Waals surface area (Å²) in [5, 5.41) is 0. The van der Waals surface area contributed by atoms with Crippen LogP contribution in [0.3, 0.4) is 0 Å². The summed E-state index contributed by atoms with van der Waals surface area (Å²) in [5.41, 5.74) is 6.57. The lowest BCUT2D eigenvalue weighted by Crippen LogP contribution is -2.28. The van der Waals surface area contributed by atoms with E-state index in [1.807, 2.05) is 19.1 Å². The second kappa shape index (κ2) is 11.1. The van der Waals surface area contributed by atoms with Crippen LogP contribution in [0.25, 0.3) is 11.3 Å². The van der Waals surface area contributed by atoms with E-state index in [1.165, 1.54) is 43.4 Å². The Morgan fingerprint density at radius 1 is 1.05 bits per heavy atom. The van der Waals surface area contributed by atoms with Crippen LogP contribution in [0.4, 0.5) is 4.39 Å². The van der Waals surface area contributed by atoms with Gasteiger partial charge in [0, 0.05) is 47.5 Å². The molecule has 194 valence electrons. The molecule has 1 fully saturated rings. The molecule has 1 atom stereocenters. The zero-order chi connectivity index (χ0) is 25.9. The molecule has 1 unspecified atom stereocenters. The number of rotatable bonds is 8. The minimum absolute atomic E-state index is 0.0487. The van der Waals surface area contributed by atoms with E-state index >= 15 is 0 Å². The first-order valence-corrected chi connectivity index (χ1v) is 13.6. The standard InChI is InChI=1S/C32H37FN2O2/c1-21(36)18-27-26(15-9-16-29(27)33)30-19-32(37-24-12-5-6-13-24)28(22(2)34-30)20-35(3)31-17-8-11-23-10-4-7-14-25(23)31/h4,7,9-10,14-16,19,24,31H,5-6,8,11-13,17-18,20H2,1-3H3. The van der Waals surface area contributed by atoms with Crippen LogP contribution in [-0.2, 0) is 24.2 Å². The molecule has 0 amide bonds. The average molecular weight is 501 g/mol. The number of halogens is 1. The van der Waals surface area contributed by atoms with E-state index in [9.17, 15) is 9.18 Å². The largest absolute Gasteiger partial charge is 0.490 e. The molecule has 0 saturated heterocycles. The highest BCUT2D eigenvalue weighted by atomic mass is 19.1. The third-order valence-electron chi connectivity index (χ3n) is 7.98. The van der Waals surface area contributed by atoms with Crippen molar-refractivity contribution in [3.8, 4) is 17.0 Å². The van der Waals surface area contributed by atoms with Crippen LogP contribution < -0.4 is 4.74 Å². The van der Waals surface area contributed by atoms with Crippen LogP contribution in [0.2, 0.25) is 0 Å². The minimum atomic E-state index is -0.370. The van der Waals surface area contributed by atoms with E-state index in [1.54, 1.807) is 6.07 Å². The van der Waals surface area contributed by atoms with Gasteiger partial charge >= 0.3 is 0 Å². The number of carbonyl (C=O) groups is 1. The highest BCUT2D eigenvalue weighted by molar-refractivity contribution is 5.81. The second-order valence-electron chi connectivity index (χ2n) is 10.8. The number of pyridine rings is 1. The molecule has 3 aromatic rings. The summed E-state index contributed by atoms with van der Waals surface area (Å²) >= 11 is 0. The van der Waals surface area contributed by atoms with E-state index in [0.717, 1.165) is 49.2 Å². The van der Waals surface area contributed by atoms with Crippen LogP contribution >= 0.6 is 0 Å². The number of benzene rings is 2. The van der Waals surface area contributed by atoms with Gasteiger partial charge in [0.25, 0.3) is 0 Å². The van der Waals surface area contributed by atoms with Crippen molar-refractivity contribution in [1.29, 1.82) is 0 Å². The van der Waals surface area contributed by atoms with E-state index in [-0.39, 0.29) is 24.1 Å². The number of hydrogen-bond donors (Lipinski definition) is 0. The predicted molar refractivity (Wildman–Crippen MR) is 145 cm³/mol. The Morgan fingerprint density at radius 3 is 2.62 bits per heavy atom. The third kappa shape index (κ3) is 5.62. The predicted octanol–water partition coefficient (Wildman–Crippen LogP) is 7.16. The Hall–Kier alpha value is -3.05. The zero-order valence-electron chi connectivity index (χ0n) is 22.2. The number of ether oxygens (including phenoxy) is 1. The molecular formula is C32H37FN2O2. The van der Waals surface area contributed by atoms with Crippen LogP contribution in [0, 0.1) is 12.7 Å². The lowest BCUT2D eigenvalue weighted by atomic mass is 9.87. The van der Waals surface area contributed by atoms with Gasteiger partial charge in [-0.1, -0.05) is 36.4 Å². The summed E-state index contributed by atoms with van der Waals surface area (Å²) in [7, 11) is 2.19. The lowest BCUT2D eigenvalue weighted by Gasteiger charge is -2.34. The molecule has 0 bridgehead atoms. The van der Waals surface area contributed by atoms with Gasteiger partial charge in [0.2, 0.25) is 0 Å². The second-order valence-corrected chi connectivity index (χ2v) is 10.8. The number of nitrogens with zero attached hydrogens (tertiary/aromatic N) is 2. The molecule has 5 rings (SSSR count). The van der Waals surface area contributed by atoms with Crippen LogP contribution in [-0.4, -0.2) is 28.8 Å². The maximum atomic E-state index is 14.8. The summed E-state index contributed by atoms with van der Waals surface area (Å²) in [6.45, 7) is 4.24. The number of carbonyl (C=O) groups excluding carboxylic acids is 1. The molecule has 2 aliphatic carbocycles. The Bertz CT molecular complexity index is 1280. The molecule has 4 nitrogen and oxygen atoms in total. The summed E-state index contributed by atoms with van der Waals surface area (Å²) < 4.78 is 21.4. The summed E-state index contributed by atoms with van der Waals surface area (Å²) in [6.07, 6.45) is 8.17. The monoisotopic (exact) mass is 500 g/mol. The van der Waals surface area contributed by atoms with Crippen molar-refractivity contribution in [1.82, 2.24) is 9.88 Å². The maximum Gasteiger partial charge on any atom is 0.134 e. The van der Waals surface area contributed by atoms with Gasteiger partial charge in [-0.05, 0) is 83.0 Å². The van der Waals surface area contributed by atoms with Crippen molar-refractivity contribution in [3.63, 3.8) is 0 Å². The summed E-state index contributed by atoms with van der Waals surface area (Å²) in [4.78, 5) is 19.3. The molecule has 1 saturated carbocycles. The van der Waals surface area contributed by atoms with Gasteiger partial charge in [0.05, 0.1) is 11.8 Å². The van der Waals surface area contributed by atoms with Gasteiger partial charge in [0.15, 0.2) is 0 Å². The lowest BCUT2D eigenvalue weighted by molar-refractivity contribution is -0.116. The van der Waals surface area contributed by atoms with Gasteiger partial charge in [-0.3, -0.25) is 14.7 Å². The van der Waals surface area contributed by atoms with Crippen molar-refractivity contribution >= 4 is 5.78 Å². The van der Waals surface area contributed by atoms with E-state index < -0.39 is 0 Å². The molecular weight excluding hydrogens is 463 g/mol. The maximum absolute atomic E-state index is 14.8. The van der Waals surface area contributed by atoms with Crippen molar-refractivity contribution in [2.24, 2.45) is 0 Å². The molecule has 0 radical (unpaired) electrons. The van der Waals surface area contributed by atoms with Gasteiger partial charge in [-0.2, -0.15) is 0 Å². The number of aryl methyl sites for hydroxylation is 2. The van der Waals surface area contributed by atoms with Crippen LogP contribution in [0.15, 0.2) is 48.5 Å². The van der Waals surface area contributed by atoms with Gasteiger partial charge in [-0.25, -0.2) is 4.39 Å². The Balaban J connectivity index is 1.52. The molecule has 1 aromatic heterocycles. The first-order valence-electron chi connectivity index (χ1n) is 13.6. The Morgan fingerprint density at radius 2 is 1.84 bits per heavy atom. The molecule has 0 N–H and O–H groups in total. The minimum Gasteiger partial charge on any atom is -0.490 e. The zero-order valence-corrected chi connectivity index (χ0v) is 22.2. The van der Waals surface area contributed by atoms with E-state index in [4.69, 9.17) is 9.72 Å². The number of hydrogen-bond acceptors (Lipinski definition) is 4. The number of Topliss-reactive ketones (excluding diaryl/α,β-unsaturated/α-hetero) is 1. The first-order chi connectivity index (χ1) is 17.9. The number of fused-ring (bicyclic) bond motifs is 1. The van der Waals surface area contributed by atoms with E-state index in [2.05, 4.69) is 36.2 Å². The first kappa shape index (κ1) is 25.6. The normalized spacial score (nSPS) is 17.7. The molecule has 2 aliphatic rings. The van der Waals surface area contributed by atoms with Crippen LogP contribution in [0.1, 0.15) is 79.4 Å². The molecule has 0 aliphatic heterocycles. The fraction of sp³-hybridized carbons (Fsp3) is 0.438. The summed E-state index contributed by atoms with van der Waals surface area (Å²) in [5.74, 6) is 0.394. The average Bonchev–Trinajstić information content (AvgIpc) is 3.39. The molecule has 37 heavy (non-hydrogen) atoms. The number of ketones is 1. The smallest absolute Gasteiger partial charge is 0.134 e. The van der Waals surface area contributed by atoms with Gasteiger partial charge in [0.1, 0.15) is 17.3 Å². The fourth-order valence-electron chi connectivity index (χ4n) is 6.06. The van der Waals surface area contributed by atoms with Crippen molar-refractivity contribution in [3.05, 3.63) is 82.3 Å². The molecule has 2 aromatic carbocycles. The quantitative estimate of drug-likeness (QED) is 0.329. The Kier molecular flexibility index (Phi) is 7.71. The highest BCUT2D eigenvalue weighted by Crippen LogP contribution is 2.38. The van der Waals surface area contributed by atoms with Crippen LogP contribution in [0.5, 0.6) is 5.75 Å². The van der Waals surface area contributed by atoms with E-state index in [0.29, 0.717) is 22.9 Å². The molecule has 0 spiro atoms. The fourth-order valence-corrected chi connectivity index (χ4v) is 6.06. The highest BCUT2D eigenvalue weighted by Gasteiger charge is 2.27. The molecule has 1 heterocycles. The number of aromatic nitrogens is 1. The van der Waals surface area contributed by atoms with Gasteiger partial charge in [-0.15, -0.1) is 0 Å².